The molecule has 1 nitrogen and oxygen atoms in total. The summed E-state index contributed by atoms with van der Waals surface area (Å²) in [6.45, 7) is 0. The Morgan fingerprint density at radius 3 is 2.89 bits per heavy atom. The van der Waals surface area contributed by atoms with Crippen molar-refractivity contribution in [2.45, 2.75) is 43.3 Å². The van der Waals surface area contributed by atoms with E-state index in [0.29, 0.717) is 5.92 Å². The number of rotatable bonds is 2. The molecule has 1 saturated heterocycles. The predicted octanol–water partition coefficient (Wildman–Crippen LogP) is 5.23. The van der Waals surface area contributed by atoms with Crippen LogP contribution in [0.25, 0.3) is 0 Å². The van der Waals surface area contributed by atoms with Gasteiger partial charge in [0.15, 0.2) is 6.29 Å². The Kier molecular flexibility index (Phi) is 4.60. The molecule has 19 heavy (non-hydrogen) atoms. The second-order valence-corrected chi connectivity index (χ2v) is 8.87. The smallest absolute Gasteiger partial charge is 0.151 e. The van der Waals surface area contributed by atoms with Crippen molar-refractivity contribution < 1.29 is 4.79 Å². The monoisotopic (exact) mass is 356 g/mol. The Hall–Kier alpha value is 0.0700. The van der Waals surface area contributed by atoms with Crippen LogP contribution in [0.2, 0.25) is 0 Å². The maximum Gasteiger partial charge on any atom is 0.151 e. The molecule has 0 bridgehead atoms. The van der Waals surface area contributed by atoms with Crippen LogP contribution in [-0.2, 0) is 6.42 Å². The Morgan fingerprint density at radius 1 is 1.26 bits per heavy atom. The molecular weight excluding hydrogens is 340 g/mol. The first-order valence-corrected chi connectivity index (χ1v) is 10.0. The molecule has 0 amide bonds. The number of carbonyl (C=O) groups is 1. The first kappa shape index (κ1) is 14.0. The SMILES string of the molecule is O=Cc1cc2c(cc1Br)C([C@@H]1CCCSS1)CCC2. The van der Waals surface area contributed by atoms with E-state index in [1.54, 1.807) is 0 Å². The van der Waals surface area contributed by atoms with Crippen LogP contribution >= 0.6 is 37.5 Å². The van der Waals surface area contributed by atoms with Gasteiger partial charge in [0.2, 0.25) is 0 Å². The van der Waals surface area contributed by atoms with Crippen LogP contribution < -0.4 is 0 Å². The minimum absolute atomic E-state index is 0.679. The molecule has 1 heterocycles. The number of fused-ring (bicyclic) bond motifs is 1. The van der Waals surface area contributed by atoms with Gasteiger partial charge in [0, 0.05) is 21.0 Å². The number of carbonyl (C=O) groups excluding carboxylic acids is 1. The topological polar surface area (TPSA) is 17.1 Å². The van der Waals surface area contributed by atoms with Crippen LogP contribution in [0.15, 0.2) is 16.6 Å². The van der Waals surface area contributed by atoms with Gasteiger partial charge in [0.05, 0.1) is 0 Å². The van der Waals surface area contributed by atoms with Gasteiger partial charge in [0.25, 0.3) is 0 Å². The lowest BCUT2D eigenvalue weighted by molar-refractivity contribution is 0.112. The van der Waals surface area contributed by atoms with Gasteiger partial charge in [-0.2, -0.15) is 0 Å². The zero-order valence-electron chi connectivity index (χ0n) is 10.7. The molecular formula is C15H17BrOS2. The quantitative estimate of drug-likeness (QED) is 0.533. The van der Waals surface area contributed by atoms with Gasteiger partial charge in [-0.3, -0.25) is 4.79 Å². The first-order valence-electron chi connectivity index (χ1n) is 6.85. The average Bonchev–Trinajstić information content (AvgIpc) is 2.47. The fourth-order valence-corrected chi connectivity index (χ4v) is 6.70. The second-order valence-electron chi connectivity index (χ2n) is 5.29. The van der Waals surface area contributed by atoms with Crippen molar-refractivity contribution in [2.24, 2.45) is 0 Å². The summed E-state index contributed by atoms with van der Waals surface area (Å²) < 4.78 is 0.960. The molecule has 1 aromatic carbocycles. The number of halogens is 1. The maximum atomic E-state index is 11.1. The highest BCUT2D eigenvalue weighted by Gasteiger charge is 2.30. The van der Waals surface area contributed by atoms with E-state index in [1.807, 2.05) is 10.8 Å². The third kappa shape index (κ3) is 2.91. The summed E-state index contributed by atoms with van der Waals surface area (Å²) in [6, 6.07) is 4.31. The number of aryl methyl sites for hydroxylation is 1. The molecule has 1 aliphatic carbocycles. The highest BCUT2D eigenvalue weighted by Crippen LogP contribution is 2.47. The highest BCUT2D eigenvalue weighted by molar-refractivity contribution is 9.10. The summed E-state index contributed by atoms with van der Waals surface area (Å²) in [6.07, 6.45) is 7.34. The van der Waals surface area contributed by atoms with Gasteiger partial charge < -0.3 is 0 Å². The summed E-state index contributed by atoms with van der Waals surface area (Å²) in [4.78, 5) is 11.1. The molecule has 102 valence electrons. The second kappa shape index (κ2) is 6.23. The van der Waals surface area contributed by atoms with Crippen molar-refractivity contribution in [3.8, 4) is 0 Å². The molecule has 1 fully saturated rings. The van der Waals surface area contributed by atoms with E-state index >= 15 is 0 Å². The minimum atomic E-state index is 0.679. The lowest BCUT2D eigenvalue weighted by atomic mass is 9.79. The molecule has 1 aliphatic heterocycles. The molecule has 4 heteroatoms. The molecule has 0 saturated carbocycles. The largest absolute Gasteiger partial charge is 0.298 e. The number of benzene rings is 1. The van der Waals surface area contributed by atoms with Crippen molar-refractivity contribution in [3.05, 3.63) is 33.3 Å². The van der Waals surface area contributed by atoms with Crippen LogP contribution in [0.5, 0.6) is 0 Å². The van der Waals surface area contributed by atoms with E-state index in [9.17, 15) is 4.79 Å². The van der Waals surface area contributed by atoms with Gasteiger partial charge in [-0.1, -0.05) is 37.5 Å². The predicted molar refractivity (Wildman–Crippen MR) is 88.3 cm³/mol. The standard InChI is InChI=1S/C15H17BrOS2/c16-14-8-13-10(7-11(14)9-17)3-1-4-12(13)15-5-2-6-18-19-15/h7-9,12,15H,1-6H2/t12?,15-/m0/s1. The van der Waals surface area contributed by atoms with Crippen molar-refractivity contribution in [1.29, 1.82) is 0 Å². The molecule has 3 rings (SSSR count). The summed E-state index contributed by atoms with van der Waals surface area (Å²) in [7, 11) is 4.11. The molecule has 0 spiro atoms. The zero-order chi connectivity index (χ0) is 13.2. The fraction of sp³-hybridized carbons (Fsp3) is 0.533. The number of hydrogen-bond donors (Lipinski definition) is 0. The Bertz CT molecular complexity index is 483. The summed E-state index contributed by atoms with van der Waals surface area (Å²) in [5.41, 5.74) is 3.69. The summed E-state index contributed by atoms with van der Waals surface area (Å²) >= 11 is 3.54. The molecule has 1 aromatic rings. The van der Waals surface area contributed by atoms with Crippen molar-refractivity contribution in [1.82, 2.24) is 0 Å². The van der Waals surface area contributed by atoms with Crippen molar-refractivity contribution >= 4 is 43.8 Å². The zero-order valence-corrected chi connectivity index (χ0v) is 14.0. The van der Waals surface area contributed by atoms with E-state index in [-0.39, 0.29) is 0 Å². The average molecular weight is 357 g/mol. The van der Waals surface area contributed by atoms with Crippen LogP contribution in [-0.4, -0.2) is 17.3 Å². The van der Waals surface area contributed by atoms with Gasteiger partial charge in [-0.05, 0) is 61.3 Å². The third-order valence-electron chi connectivity index (χ3n) is 4.10. The van der Waals surface area contributed by atoms with E-state index in [2.05, 4.69) is 38.9 Å². The fourth-order valence-electron chi connectivity index (χ4n) is 3.15. The Labute approximate surface area is 130 Å². The van der Waals surface area contributed by atoms with Gasteiger partial charge >= 0.3 is 0 Å². The lowest BCUT2D eigenvalue weighted by Gasteiger charge is -2.34. The van der Waals surface area contributed by atoms with Crippen LogP contribution in [0, 0.1) is 0 Å². The first-order chi connectivity index (χ1) is 9.29. The summed E-state index contributed by atoms with van der Waals surface area (Å²) in [5.74, 6) is 1.98. The van der Waals surface area contributed by atoms with Gasteiger partial charge in [0.1, 0.15) is 0 Å². The van der Waals surface area contributed by atoms with Gasteiger partial charge in [-0.25, -0.2) is 0 Å². The molecule has 2 atom stereocenters. The normalized spacial score (nSPS) is 26.8. The van der Waals surface area contributed by atoms with Crippen LogP contribution in [0.4, 0.5) is 0 Å². The van der Waals surface area contributed by atoms with Crippen LogP contribution in [0.1, 0.15) is 53.1 Å². The minimum Gasteiger partial charge on any atom is -0.298 e. The molecule has 0 radical (unpaired) electrons. The van der Waals surface area contributed by atoms with Crippen LogP contribution in [0.3, 0.4) is 0 Å². The Morgan fingerprint density at radius 2 is 2.16 bits per heavy atom. The van der Waals surface area contributed by atoms with Gasteiger partial charge in [-0.15, -0.1) is 0 Å². The third-order valence-corrected chi connectivity index (χ3v) is 7.84. The van der Waals surface area contributed by atoms with E-state index < -0.39 is 0 Å². The van der Waals surface area contributed by atoms with E-state index in [0.717, 1.165) is 28.0 Å². The van der Waals surface area contributed by atoms with E-state index in [1.165, 1.54) is 42.6 Å². The van der Waals surface area contributed by atoms with E-state index in [4.69, 9.17) is 0 Å². The summed E-state index contributed by atoms with van der Waals surface area (Å²) in [5, 5.41) is 0.756. The molecule has 0 N–H and O–H groups in total. The number of aldehydes is 1. The maximum absolute atomic E-state index is 11.1. The number of hydrogen-bond acceptors (Lipinski definition) is 3. The molecule has 2 aliphatic rings. The highest BCUT2D eigenvalue weighted by atomic mass is 79.9. The van der Waals surface area contributed by atoms with Crippen molar-refractivity contribution in [2.75, 3.05) is 5.75 Å². The van der Waals surface area contributed by atoms with Crippen molar-refractivity contribution in [3.63, 3.8) is 0 Å². The molecule has 0 aromatic heterocycles. The lowest BCUT2D eigenvalue weighted by Crippen LogP contribution is -2.22. The molecule has 1 unspecified atom stereocenters. The Balaban J connectivity index is 1.94.